The molecule has 0 saturated heterocycles. The minimum absolute atomic E-state index is 0.0281. The number of aromatic nitrogens is 3. The summed E-state index contributed by atoms with van der Waals surface area (Å²) < 4.78 is 0. The molecule has 0 bridgehead atoms. The number of aliphatic hydroxyl groups is 1. The Morgan fingerprint density at radius 2 is 1.67 bits per heavy atom. The summed E-state index contributed by atoms with van der Waals surface area (Å²) in [5.41, 5.74) is 0.0281. The molecule has 0 aromatic carbocycles. The first-order chi connectivity index (χ1) is 10.2. The van der Waals surface area contributed by atoms with Gasteiger partial charge in [0.15, 0.2) is 0 Å². The highest BCUT2D eigenvalue weighted by Crippen LogP contribution is 2.44. The van der Waals surface area contributed by atoms with Gasteiger partial charge in [-0.1, -0.05) is 0 Å². The summed E-state index contributed by atoms with van der Waals surface area (Å²) in [4.78, 5) is 15.4. The van der Waals surface area contributed by atoms with Gasteiger partial charge in [0.05, 0.1) is 6.61 Å². The summed E-state index contributed by atoms with van der Waals surface area (Å²) in [6, 6.07) is 0. The van der Waals surface area contributed by atoms with Crippen molar-refractivity contribution < 1.29 is 5.11 Å². The van der Waals surface area contributed by atoms with Crippen LogP contribution in [0.5, 0.6) is 0 Å². The molecule has 7 heteroatoms. The quantitative estimate of drug-likeness (QED) is 0.633. The maximum atomic E-state index is 9.38. The number of hydrogen-bond acceptors (Lipinski definition) is 7. The van der Waals surface area contributed by atoms with Gasteiger partial charge in [-0.25, -0.2) is 0 Å². The fourth-order valence-electron chi connectivity index (χ4n) is 2.16. The van der Waals surface area contributed by atoms with Gasteiger partial charge in [0, 0.05) is 31.6 Å². The molecule has 1 aliphatic rings. The highest BCUT2D eigenvalue weighted by molar-refractivity contribution is 5.43. The van der Waals surface area contributed by atoms with E-state index in [0.29, 0.717) is 24.4 Å². The molecule has 0 spiro atoms. The minimum atomic E-state index is 0.0281. The topological polar surface area (TPSA) is 86.2 Å². The van der Waals surface area contributed by atoms with Crippen molar-refractivity contribution in [2.75, 3.05) is 48.3 Å². The average Bonchev–Trinajstić information content (AvgIpc) is 3.27. The third kappa shape index (κ3) is 3.93. The zero-order valence-electron chi connectivity index (χ0n) is 13.2. The Kier molecular flexibility index (Phi) is 5.17. The molecular weight excluding hydrogens is 268 g/mol. The first-order valence-corrected chi connectivity index (χ1v) is 7.76. The molecule has 0 atom stereocenters. The number of nitrogens with zero attached hydrogens (tertiary/aromatic N) is 4. The Bertz CT molecular complexity index is 459. The third-order valence-electron chi connectivity index (χ3n) is 3.92. The molecule has 118 valence electrons. The lowest BCUT2D eigenvalue weighted by molar-refractivity contribution is 0.219. The van der Waals surface area contributed by atoms with E-state index in [4.69, 9.17) is 0 Å². The van der Waals surface area contributed by atoms with Gasteiger partial charge in [-0.3, -0.25) is 0 Å². The number of anilines is 3. The third-order valence-corrected chi connectivity index (χ3v) is 3.92. The summed E-state index contributed by atoms with van der Waals surface area (Å²) in [5, 5.41) is 15.8. The second-order valence-electron chi connectivity index (χ2n) is 5.50. The zero-order valence-corrected chi connectivity index (χ0v) is 13.2. The van der Waals surface area contributed by atoms with Crippen LogP contribution in [0.25, 0.3) is 0 Å². The van der Waals surface area contributed by atoms with E-state index in [1.807, 2.05) is 6.92 Å². The molecule has 1 aromatic rings. The average molecular weight is 294 g/mol. The lowest BCUT2D eigenvalue weighted by Gasteiger charge is -2.20. The van der Waals surface area contributed by atoms with Crippen LogP contribution in [0.3, 0.4) is 0 Å². The highest BCUT2D eigenvalue weighted by atomic mass is 16.3. The van der Waals surface area contributed by atoms with E-state index < -0.39 is 0 Å². The fourth-order valence-corrected chi connectivity index (χ4v) is 2.16. The van der Waals surface area contributed by atoms with Crippen molar-refractivity contribution in [3.05, 3.63) is 0 Å². The summed E-state index contributed by atoms with van der Waals surface area (Å²) in [6.07, 6.45) is 2.12. The van der Waals surface area contributed by atoms with Gasteiger partial charge in [-0.2, -0.15) is 15.0 Å². The van der Waals surface area contributed by atoms with Crippen molar-refractivity contribution in [3.63, 3.8) is 0 Å². The van der Waals surface area contributed by atoms with Crippen LogP contribution in [0.4, 0.5) is 17.8 Å². The highest BCUT2D eigenvalue weighted by Gasteiger charge is 2.41. The van der Waals surface area contributed by atoms with Crippen molar-refractivity contribution >= 4 is 17.8 Å². The molecule has 2 rings (SSSR count). The van der Waals surface area contributed by atoms with Gasteiger partial charge in [0.25, 0.3) is 0 Å². The first kappa shape index (κ1) is 15.8. The molecule has 3 N–H and O–H groups in total. The normalized spacial score (nSPS) is 15.6. The maximum absolute atomic E-state index is 9.38. The summed E-state index contributed by atoms with van der Waals surface area (Å²) in [5.74, 6) is 1.84. The molecule has 7 nitrogen and oxygen atoms in total. The Hall–Kier alpha value is -1.63. The van der Waals surface area contributed by atoms with E-state index in [2.05, 4.69) is 44.3 Å². The molecule has 1 saturated carbocycles. The molecule has 1 aliphatic carbocycles. The van der Waals surface area contributed by atoms with E-state index in [0.717, 1.165) is 32.5 Å². The van der Waals surface area contributed by atoms with E-state index in [1.165, 1.54) is 0 Å². The Balaban J connectivity index is 2.14. The Labute approximate surface area is 126 Å². The van der Waals surface area contributed by atoms with Crippen molar-refractivity contribution in [1.82, 2.24) is 15.0 Å². The number of aliphatic hydroxyl groups excluding tert-OH is 1. The summed E-state index contributed by atoms with van der Waals surface area (Å²) in [7, 11) is 0. The number of nitrogens with one attached hydrogen (secondary N) is 2. The van der Waals surface area contributed by atoms with Crippen LogP contribution < -0.4 is 15.5 Å². The van der Waals surface area contributed by atoms with E-state index in [-0.39, 0.29) is 12.0 Å². The van der Waals surface area contributed by atoms with Crippen LogP contribution in [-0.2, 0) is 0 Å². The molecule has 1 fully saturated rings. The molecule has 0 aliphatic heterocycles. The summed E-state index contributed by atoms with van der Waals surface area (Å²) in [6.45, 7) is 9.57. The molecule has 21 heavy (non-hydrogen) atoms. The van der Waals surface area contributed by atoms with Gasteiger partial charge in [-0.05, 0) is 33.6 Å². The number of hydrogen-bond donors (Lipinski definition) is 3. The number of rotatable bonds is 9. The van der Waals surface area contributed by atoms with Crippen LogP contribution in [0.1, 0.15) is 33.6 Å². The van der Waals surface area contributed by atoms with E-state index >= 15 is 0 Å². The van der Waals surface area contributed by atoms with E-state index in [9.17, 15) is 5.11 Å². The zero-order chi connectivity index (χ0) is 15.3. The molecule has 1 aromatic heterocycles. The maximum Gasteiger partial charge on any atom is 0.231 e. The van der Waals surface area contributed by atoms with Gasteiger partial charge < -0.3 is 20.6 Å². The largest absolute Gasteiger partial charge is 0.396 e. The van der Waals surface area contributed by atoms with Crippen LogP contribution in [0.2, 0.25) is 0 Å². The lowest BCUT2D eigenvalue weighted by atomic mass is 10.1. The predicted octanol–water partition coefficient (Wildman–Crippen LogP) is 1.33. The molecule has 0 radical (unpaired) electrons. The monoisotopic (exact) mass is 294 g/mol. The van der Waals surface area contributed by atoms with Gasteiger partial charge >= 0.3 is 0 Å². The first-order valence-electron chi connectivity index (χ1n) is 7.76. The van der Waals surface area contributed by atoms with E-state index in [1.54, 1.807) is 0 Å². The van der Waals surface area contributed by atoms with Crippen LogP contribution in [-0.4, -0.2) is 52.8 Å². The van der Waals surface area contributed by atoms with Crippen molar-refractivity contribution in [2.24, 2.45) is 5.41 Å². The van der Waals surface area contributed by atoms with Crippen molar-refractivity contribution in [3.8, 4) is 0 Å². The second kappa shape index (κ2) is 6.89. The minimum Gasteiger partial charge on any atom is -0.396 e. The summed E-state index contributed by atoms with van der Waals surface area (Å²) >= 11 is 0. The van der Waals surface area contributed by atoms with Gasteiger partial charge in [0.1, 0.15) is 0 Å². The van der Waals surface area contributed by atoms with Gasteiger partial charge in [-0.15, -0.1) is 0 Å². The van der Waals surface area contributed by atoms with Crippen LogP contribution in [0, 0.1) is 5.41 Å². The fraction of sp³-hybridized carbons (Fsp3) is 0.786. The molecule has 0 unspecified atom stereocenters. The Morgan fingerprint density at radius 3 is 2.14 bits per heavy atom. The Morgan fingerprint density at radius 1 is 1.05 bits per heavy atom. The van der Waals surface area contributed by atoms with Gasteiger partial charge in [0.2, 0.25) is 17.8 Å². The molecule has 0 amide bonds. The van der Waals surface area contributed by atoms with Crippen molar-refractivity contribution in [1.29, 1.82) is 0 Å². The molecular formula is C14H26N6O. The molecule has 1 heterocycles. The van der Waals surface area contributed by atoms with Crippen LogP contribution in [0.15, 0.2) is 0 Å². The van der Waals surface area contributed by atoms with Crippen LogP contribution >= 0.6 is 0 Å². The predicted molar refractivity (Wildman–Crippen MR) is 84.8 cm³/mol. The van der Waals surface area contributed by atoms with Crippen molar-refractivity contribution in [2.45, 2.75) is 33.6 Å². The standard InChI is InChI=1S/C14H26N6O/c1-4-15-11-17-12(16-9-14(10-21)7-8-14)19-13(18-11)20(5-2)6-3/h21H,4-10H2,1-3H3,(H2,15,16,17,18,19). The SMILES string of the molecule is CCNc1nc(NCC2(CO)CC2)nc(N(CC)CC)n1. The lowest BCUT2D eigenvalue weighted by Crippen LogP contribution is -2.26. The smallest absolute Gasteiger partial charge is 0.231 e. The second-order valence-corrected chi connectivity index (χ2v) is 5.50.